The van der Waals surface area contributed by atoms with Crippen LogP contribution in [0.15, 0.2) is 48.5 Å². The molecular formula is C20H22F2N2O. The van der Waals surface area contributed by atoms with Crippen LogP contribution in [0.2, 0.25) is 0 Å². The SMILES string of the molecule is C[C@H](c1cccc(F)c1)N1CCN(C(=O)Cc2ccc(F)cc2)CC1. The summed E-state index contributed by atoms with van der Waals surface area (Å²) >= 11 is 0. The summed E-state index contributed by atoms with van der Waals surface area (Å²) in [5.74, 6) is -0.460. The molecule has 0 bridgehead atoms. The first-order chi connectivity index (χ1) is 12.0. The lowest BCUT2D eigenvalue weighted by Crippen LogP contribution is -2.49. The van der Waals surface area contributed by atoms with Gasteiger partial charge in [-0.25, -0.2) is 8.78 Å². The summed E-state index contributed by atoms with van der Waals surface area (Å²) in [5, 5.41) is 0. The second-order valence-corrected chi connectivity index (χ2v) is 6.45. The molecule has 0 aromatic heterocycles. The van der Waals surface area contributed by atoms with Crippen molar-refractivity contribution in [1.29, 1.82) is 0 Å². The Hall–Kier alpha value is -2.27. The van der Waals surface area contributed by atoms with E-state index in [2.05, 4.69) is 11.8 Å². The second-order valence-electron chi connectivity index (χ2n) is 6.45. The van der Waals surface area contributed by atoms with Crippen molar-refractivity contribution < 1.29 is 13.6 Å². The second kappa shape index (κ2) is 7.74. The molecule has 3 rings (SSSR count). The number of amides is 1. The van der Waals surface area contributed by atoms with Crippen LogP contribution in [0.3, 0.4) is 0 Å². The number of nitrogens with zero attached hydrogens (tertiary/aromatic N) is 2. The van der Waals surface area contributed by atoms with Gasteiger partial charge in [0.15, 0.2) is 0 Å². The maximum atomic E-state index is 13.4. The average molecular weight is 344 g/mol. The molecule has 1 aliphatic rings. The minimum absolute atomic E-state index is 0.0599. The number of carbonyl (C=O) groups is 1. The van der Waals surface area contributed by atoms with Gasteiger partial charge in [-0.1, -0.05) is 24.3 Å². The molecule has 2 aromatic carbocycles. The summed E-state index contributed by atoms with van der Waals surface area (Å²) in [6, 6.07) is 12.8. The van der Waals surface area contributed by atoms with Crippen molar-refractivity contribution >= 4 is 5.91 Å². The van der Waals surface area contributed by atoms with Crippen LogP contribution in [-0.4, -0.2) is 41.9 Å². The Labute approximate surface area is 146 Å². The van der Waals surface area contributed by atoms with Crippen LogP contribution in [0.25, 0.3) is 0 Å². The minimum atomic E-state index is -0.295. The molecule has 1 atom stereocenters. The topological polar surface area (TPSA) is 23.6 Å². The zero-order chi connectivity index (χ0) is 17.8. The number of piperazine rings is 1. The molecule has 132 valence electrons. The fourth-order valence-electron chi connectivity index (χ4n) is 3.22. The standard InChI is InChI=1S/C20H22F2N2O/c1-15(17-3-2-4-19(22)14-17)23-9-11-24(12-10-23)20(25)13-16-5-7-18(21)8-6-16/h2-8,14-15H,9-13H2,1H3/t15-/m1/s1. The van der Waals surface area contributed by atoms with Crippen LogP contribution in [0.5, 0.6) is 0 Å². The number of carbonyl (C=O) groups excluding carboxylic acids is 1. The highest BCUT2D eigenvalue weighted by molar-refractivity contribution is 5.78. The maximum absolute atomic E-state index is 13.4. The largest absolute Gasteiger partial charge is 0.340 e. The van der Waals surface area contributed by atoms with Crippen LogP contribution < -0.4 is 0 Å². The molecular weight excluding hydrogens is 322 g/mol. The fraction of sp³-hybridized carbons (Fsp3) is 0.350. The molecule has 0 unspecified atom stereocenters. The molecule has 0 spiro atoms. The Morgan fingerprint density at radius 2 is 1.68 bits per heavy atom. The van der Waals surface area contributed by atoms with E-state index in [1.165, 1.54) is 18.2 Å². The maximum Gasteiger partial charge on any atom is 0.227 e. The van der Waals surface area contributed by atoms with Crippen LogP contribution in [0.1, 0.15) is 24.1 Å². The molecule has 5 heteroatoms. The van der Waals surface area contributed by atoms with E-state index in [9.17, 15) is 13.6 Å². The first-order valence-corrected chi connectivity index (χ1v) is 8.54. The lowest BCUT2D eigenvalue weighted by molar-refractivity contribution is -0.132. The van der Waals surface area contributed by atoms with Crippen LogP contribution >= 0.6 is 0 Å². The fourth-order valence-corrected chi connectivity index (χ4v) is 3.22. The van der Waals surface area contributed by atoms with Gasteiger partial charge in [0.05, 0.1) is 6.42 Å². The predicted octanol–water partition coefficient (Wildman–Crippen LogP) is 3.41. The van der Waals surface area contributed by atoms with Gasteiger partial charge in [-0.3, -0.25) is 9.69 Å². The van der Waals surface area contributed by atoms with Crippen LogP contribution in [0.4, 0.5) is 8.78 Å². The quantitative estimate of drug-likeness (QED) is 0.849. The molecule has 0 saturated carbocycles. The number of hydrogen-bond acceptors (Lipinski definition) is 2. The van der Waals surface area contributed by atoms with Gasteiger partial charge in [-0.15, -0.1) is 0 Å². The molecule has 25 heavy (non-hydrogen) atoms. The summed E-state index contributed by atoms with van der Waals surface area (Å²) in [4.78, 5) is 16.5. The van der Waals surface area contributed by atoms with Crippen molar-refractivity contribution in [3.8, 4) is 0 Å². The van der Waals surface area contributed by atoms with Gasteiger partial charge >= 0.3 is 0 Å². The van der Waals surface area contributed by atoms with Gasteiger partial charge in [0.25, 0.3) is 0 Å². The van der Waals surface area contributed by atoms with Crippen molar-refractivity contribution in [3.63, 3.8) is 0 Å². The highest BCUT2D eigenvalue weighted by Crippen LogP contribution is 2.22. The van der Waals surface area contributed by atoms with Gasteiger partial charge in [0.2, 0.25) is 5.91 Å². The molecule has 1 aliphatic heterocycles. The van der Waals surface area contributed by atoms with E-state index in [0.29, 0.717) is 19.5 Å². The zero-order valence-electron chi connectivity index (χ0n) is 14.3. The Balaban J connectivity index is 1.54. The smallest absolute Gasteiger partial charge is 0.227 e. The van der Waals surface area contributed by atoms with Gasteiger partial charge in [-0.05, 0) is 42.3 Å². The molecule has 0 radical (unpaired) electrons. The van der Waals surface area contributed by atoms with E-state index in [4.69, 9.17) is 0 Å². The first kappa shape index (κ1) is 17.5. The number of rotatable bonds is 4. The Kier molecular flexibility index (Phi) is 5.43. The number of halogens is 2. The third-order valence-corrected chi connectivity index (χ3v) is 4.81. The molecule has 1 fully saturated rings. The highest BCUT2D eigenvalue weighted by Gasteiger charge is 2.24. The van der Waals surface area contributed by atoms with Gasteiger partial charge < -0.3 is 4.90 Å². The summed E-state index contributed by atoms with van der Waals surface area (Å²) in [6.07, 6.45) is 0.291. The lowest BCUT2D eigenvalue weighted by atomic mass is 10.1. The summed E-state index contributed by atoms with van der Waals surface area (Å²) in [7, 11) is 0. The van der Waals surface area contributed by atoms with E-state index >= 15 is 0 Å². The Bertz CT molecular complexity index is 725. The molecule has 0 N–H and O–H groups in total. The predicted molar refractivity (Wildman–Crippen MR) is 93.1 cm³/mol. The van der Waals surface area contributed by atoms with Gasteiger partial charge in [0.1, 0.15) is 11.6 Å². The third-order valence-electron chi connectivity index (χ3n) is 4.81. The van der Waals surface area contributed by atoms with E-state index in [1.807, 2.05) is 11.0 Å². The molecule has 3 nitrogen and oxygen atoms in total. The van der Waals surface area contributed by atoms with Crippen molar-refractivity contribution in [2.45, 2.75) is 19.4 Å². The van der Waals surface area contributed by atoms with Crippen molar-refractivity contribution in [2.75, 3.05) is 26.2 Å². The Morgan fingerprint density at radius 1 is 1.00 bits per heavy atom. The number of hydrogen-bond donors (Lipinski definition) is 0. The van der Waals surface area contributed by atoms with E-state index < -0.39 is 0 Å². The molecule has 1 amide bonds. The van der Waals surface area contributed by atoms with Gasteiger partial charge in [0, 0.05) is 32.2 Å². The minimum Gasteiger partial charge on any atom is -0.340 e. The van der Waals surface area contributed by atoms with Crippen molar-refractivity contribution in [2.24, 2.45) is 0 Å². The van der Waals surface area contributed by atoms with Crippen LogP contribution in [-0.2, 0) is 11.2 Å². The van der Waals surface area contributed by atoms with Crippen molar-refractivity contribution in [3.05, 3.63) is 71.3 Å². The normalized spacial score (nSPS) is 16.7. The van der Waals surface area contributed by atoms with Crippen LogP contribution in [0, 0.1) is 11.6 Å². The number of benzene rings is 2. The molecule has 2 aromatic rings. The molecule has 1 saturated heterocycles. The third kappa shape index (κ3) is 4.42. The van der Waals surface area contributed by atoms with E-state index in [1.54, 1.807) is 24.3 Å². The lowest BCUT2D eigenvalue weighted by Gasteiger charge is -2.38. The monoisotopic (exact) mass is 344 g/mol. The molecule has 1 heterocycles. The summed E-state index contributed by atoms with van der Waals surface area (Å²) < 4.78 is 26.3. The summed E-state index contributed by atoms with van der Waals surface area (Å²) in [6.45, 7) is 4.88. The highest BCUT2D eigenvalue weighted by atomic mass is 19.1. The zero-order valence-corrected chi connectivity index (χ0v) is 14.3. The Morgan fingerprint density at radius 3 is 2.32 bits per heavy atom. The summed E-state index contributed by atoms with van der Waals surface area (Å²) in [5.41, 5.74) is 1.77. The van der Waals surface area contributed by atoms with E-state index in [-0.39, 0.29) is 23.6 Å². The molecule has 0 aliphatic carbocycles. The average Bonchev–Trinajstić information content (AvgIpc) is 2.63. The van der Waals surface area contributed by atoms with Gasteiger partial charge in [-0.2, -0.15) is 0 Å². The first-order valence-electron chi connectivity index (χ1n) is 8.54. The van der Waals surface area contributed by atoms with E-state index in [0.717, 1.165) is 24.2 Å². The van der Waals surface area contributed by atoms with Crippen molar-refractivity contribution in [1.82, 2.24) is 9.80 Å².